The van der Waals surface area contributed by atoms with Gasteiger partial charge < -0.3 is 30.2 Å². The van der Waals surface area contributed by atoms with E-state index in [1.807, 2.05) is 55.6 Å². The average molecular weight is 649 g/mol. The lowest BCUT2D eigenvalue weighted by molar-refractivity contribution is -0.149. The minimum atomic E-state index is -1.16. The van der Waals surface area contributed by atoms with Crippen molar-refractivity contribution in [2.45, 2.75) is 70.5 Å². The SMILES string of the molecule is CCOC(=O)[C@@]12C[C@H]1/C=C\CCCC=NC(=O)N[C@@H](CCOc1cc(-c3csc(NC(C)C)n3)nc3cc(OC)ccc13)C(=O)N2. The van der Waals surface area contributed by atoms with Crippen LogP contribution in [0.15, 0.2) is 46.8 Å². The number of aromatic nitrogens is 2. The molecule has 1 aromatic carbocycles. The number of thiazole rings is 1. The van der Waals surface area contributed by atoms with E-state index in [0.717, 1.165) is 23.4 Å². The summed E-state index contributed by atoms with van der Waals surface area (Å²) >= 11 is 1.49. The molecule has 46 heavy (non-hydrogen) atoms. The van der Waals surface area contributed by atoms with E-state index in [1.165, 1.54) is 11.3 Å². The van der Waals surface area contributed by atoms with Crippen LogP contribution in [0.5, 0.6) is 11.5 Å². The number of urea groups is 1. The number of rotatable bonds is 10. The lowest BCUT2D eigenvalue weighted by Crippen LogP contribution is -2.54. The molecule has 3 heterocycles. The molecule has 3 atom stereocenters. The van der Waals surface area contributed by atoms with E-state index in [9.17, 15) is 14.4 Å². The number of pyridine rings is 1. The van der Waals surface area contributed by atoms with Crippen molar-refractivity contribution < 1.29 is 28.6 Å². The maximum Gasteiger partial charge on any atom is 0.341 e. The molecular weight excluding hydrogens is 608 g/mol. The summed E-state index contributed by atoms with van der Waals surface area (Å²) in [6.07, 6.45) is 8.25. The minimum absolute atomic E-state index is 0.0691. The first-order chi connectivity index (χ1) is 22.2. The third-order valence-corrected chi connectivity index (χ3v) is 8.49. The number of allylic oxidation sites excluding steroid dienone is 1. The van der Waals surface area contributed by atoms with Crippen molar-refractivity contribution in [3.8, 4) is 22.9 Å². The second-order valence-corrected chi connectivity index (χ2v) is 12.4. The van der Waals surface area contributed by atoms with E-state index in [1.54, 1.807) is 20.2 Å². The van der Waals surface area contributed by atoms with Crippen LogP contribution in [-0.2, 0) is 14.3 Å². The zero-order valence-electron chi connectivity index (χ0n) is 26.5. The Labute approximate surface area is 272 Å². The van der Waals surface area contributed by atoms with Gasteiger partial charge in [0.25, 0.3) is 0 Å². The number of esters is 1. The van der Waals surface area contributed by atoms with Gasteiger partial charge in [-0.15, -0.1) is 11.3 Å². The highest BCUT2D eigenvalue weighted by Gasteiger charge is 2.61. The summed E-state index contributed by atoms with van der Waals surface area (Å²) in [5, 5.41) is 12.4. The third-order valence-electron chi connectivity index (χ3n) is 7.72. The smallest absolute Gasteiger partial charge is 0.341 e. The maximum absolute atomic E-state index is 13.6. The normalized spacial score (nSPS) is 22.3. The van der Waals surface area contributed by atoms with E-state index in [4.69, 9.17) is 24.2 Å². The van der Waals surface area contributed by atoms with Gasteiger partial charge in [-0.3, -0.25) is 4.79 Å². The number of fused-ring (bicyclic) bond motifs is 2. The number of nitrogens with one attached hydrogen (secondary N) is 3. The predicted molar refractivity (Wildman–Crippen MR) is 178 cm³/mol. The molecule has 1 aliphatic heterocycles. The first-order valence-electron chi connectivity index (χ1n) is 15.6. The van der Waals surface area contributed by atoms with Crippen LogP contribution in [0.4, 0.5) is 9.93 Å². The van der Waals surface area contributed by atoms with Crippen LogP contribution >= 0.6 is 11.3 Å². The molecule has 3 amide bonds. The van der Waals surface area contributed by atoms with Crippen LogP contribution in [-0.4, -0.2) is 72.0 Å². The van der Waals surface area contributed by atoms with Crippen LogP contribution in [0.1, 0.15) is 52.9 Å². The quantitative estimate of drug-likeness (QED) is 0.197. The van der Waals surface area contributed by atoms with Gasteiger partial charge in [-0.25, -0.2) is 24.5 Å². The molecule has 3 N–H and O–H groups in total. The van der Waals surface area contributed by atoms with Crippen LogP contribution < -0.4 is 25.4 Å². The molecule has 12 nitrogen and oxygen atoms in total. The van der Waals surface area contributed by atoms with E-state index >= 15 is 0 Å². The number of ether oxygens (including phenoxy) is 3. The van der Waals surface area contributed by atoms with Crippen molar-refractivity contribution in [1.29, 1.82) is 0 Å². The monoisotopic (exact) mass is 648 g/mol. The van der Waals surface area contributed by atoms with Crippen molar-refractivity contribution in [1.82, 2.24) is 20.6 Å². The Bertz CT molecular complexity index is 1640. The molecular formula is C33H40N6O6S. The number of methoxy groups -OCH3 is 1. The Balaban J connectivity index is 1.38. The Kier molecular flexibility index (Phi) is 10.5. The van der Waals surface area contributed by atoms with Gasteiger partial charge in [0.05, 0.1) is 31.5 Å². The summed E-state index contributed by atoms with van der Waals surface area (Å²) in [6.45, 7) is 6.08. The number of aliphatic imine (C=N–C) groups is 1. The minimum Gasteiger partial charge on any atom is -0.497 e. The Morgan fingerprint density at radius 3 is 2.80 bits per heavy atom. The Morgan fingerprint density at radius 1 is 1.17 bits per heavy atom. The summed E-state index contributed by atoms with van der Waals surface area (Å²) in [7, 11) is 1.59. The Morgan fingerprint density at radius 2 is 2.02 bits per heavy atom. The average Bonchev–Trinajstić information content (AvgIpc) is 3.53. The molecule has 3 aromatic rings. The highest BCUT2D eigenvalue weighted by molar-refractivity contribution is 7.14. The summed E-state index contributed by atoms with van der Waals surface area (Å²) in [5.74, 6) is 0.0116. The molecule has 1 saturated carbocycles. The molecule has 13 heteroatoms. The number of hydrogen-bond acceptors (Lipinski definition) is 10. The molecule has 244 valence electrons. The second-order valence-electron chi connectivity index (χ2n) is 11.5. The van der Waals surface area contributed by atoms with Gasteiger partial charge in [0.15, 0.2) is 5.13 Å². The first kappa shape index (κ1) is 32.9. The van der Waals surface area contributed by atoms with Gasteiger partial charge in [0.1, 0.15) is 28.8 Å². The van der Waals surface area contributed by atoms with E-state index < -0.39 is 29.5 Å². The number of hydrogen-bond donors (Lipinski definition) is 3. The van der Waals surface area contributed by atoms with Gasteiger partial charge in [-0.05, 0) is 58.6 Å². The molecule has 1 fully saturated rings. The Hall–Kier alpha value is -4.52. The molecule has 2 aromatic heterocycles. The molecule has 1 aliphatic carbocycles. The molecule has 2 aliphatic rings. The standard InChI is InChI=1S/C33H40N6O6S/c1-5-44-30(41)33-18-21(33)10-8-6-7-9-14-34-31(42)37-24(29(40)39-33)13-15-45-28-17-26(27-19-46-32(38-27)35-20(2)3)36-25-16-22(43-4)11-12-23(25)28/h8,10-12,14,16-17,19-21,24H,5-7,9,13,15,18H2,1-4H3,(H,35,38)(H,37,42)(H,39,40)/b10-8-,34-14?/t21-,24+,33-/m1/s1. The van der Waals surface area contributed by atoms with Crippen LogP contribution in [0, 0.1) is 5.92 Å². The summed E-state index contributed by atoms with van der Waals surface area (Å²) in [5.41, 5.74) is 0.801. The number of carbonyl (C=O) groups excluding carboxylic acids is 3. The molecule has 0 radical (unpaired) electrons. The lowest BCUT2D eigenvalue weighted by Gasteiger charge is -2.23. The molecule has 0 unspecified atom stereocenters. The van der Waals surface area contributed by atoms with Crippen LogP contribution in [0.2, 0.25) is 0 Å². The molecule has 5 rings (SSSR count). The number of carbonyl (C=O) groups is 3. The number of nitrogens with zero attached hydrogens (tertiary/aromatic N) is 3. The van der Waals surface area contributed by atoms with Gasteiger partial charge >= 0.3 is 12.0 Å². The first-order valence-corrected chi connectivity index (χ1v) is 16.4. The number of amides is 3. The summed E-state index contributed by atoms with van der Waals surface area (Å²) in [4.78, 5) is 52.7. The van der Waals surface area contributed by atoms with Gasteiger partial charge in [0.2, 0.25) is 5.91 Å². The van der Waals surface area contributed by atoms with Gasteiger partial charge in [-0.2, -0.15) is 0 Å². The fourth-order valence-corrected chi connectivity index (χ4v) is 6.10. The van der Waals surface area contributed by atoms with Crippen LogP contribution in [0.3, 0.4) is 0 Å². The third kappa shape index (κ3) is 7.82. The van der Waals surface area contributed by atoms with Crippen molar-refractivity contribution >= 4 is 51.5 Å². The fourth-order valence-electron chi connectivity index (χ4n) is 5.25. The van der Waals surface area contributed by atoms with E-state index in [-0.39, 0.29) is 31.6 Å². The van der Waals surface area contributed by atoms with Crippen LogP contribution in [0.25, 0.3) is 22.3 Å². The topological polar surface area (TPSA) is 153 Å². The molecule has 0 saturated heterocycles. The molecule has 0 spiro atoms. The zero-order valence-corrected chi connectivity index (χ0v) is 27.3. The molecule has 0 bridgehead atoms. The number of benzene rings is 1. The lowest BCUT2D eigenvalue weighted by atomic mass is 10.1. The van der Waals surface area contributed by atoms with Crippen molar-refractivity contribution in [3.63, 3.8) is 0 Å². The van der Waals surface area contributed by atoms with E-state index in [0.29, 0.717) is 41.2 Å². The van der Waals surface area contributed by atoms with Crippen molar-refractivity contribution in [2.24, 2.45) is 10.9 Å². The summed E-state index contributed by atoms with van der Waals surface area (Å²) in [6, 6.07) is 5.91. The largest absolute Gasteiger partial charge is 0.497 e. The second kappa shape index (κ2) is 14.7. The summed E-state index contributed by atoms with van der Waals surface area (Å²) < 4.78 is 17.0. The number of anilines is 1. The van der Waals surface area contributed by atoms with Crippen molar-refractivity contribution in [2.75, 3.05) is 25.6 Å². The van der Waals surface area contributed by atoms with E-state index in [2.05, 4.69) is 20.9 Å². The zero-order chi connectivity index (χ0) is 32.7. The highest BCUT2D eigenvalue weighted by Crippen LogP contribution is 2.46. The maximum atomic E-state index is 13.6. The predicted octanol–water partition coefficient (Wildman–Crippen LogP) is 5.28. The highest BCUT2D eigenvalue weighted by atomic mass is 32.1. The van der Waals surface area contributed by atoms with Crippen molar-refractivity contribution in [3.05, 3.63) is 41.8 Å². The van der Waals surface area contributed by atoms with Gasteiger partial charge in [-0.1, -0.05) is 12.2 Å². The van der Waals surface area contributed by atoms with Gasteiger partial charge in [0, 0.05) is 47.5 Å². The fraction of sp³-hybridized carbons (Fsp3) is 0.455.